The number of nitrogens with zero attached hydrogens (tertiary/aromatic N) is 4. The van der Waals surface area contributed by atoms with E-state index in [1.165, 1.54) is 24.0 Å². The summed E-state index contributed by atoms with van der Waals surface area (Å²) in [6.45, 7) is 20.0. The van der Waals surface area contributed by atoms with Gasteiger partial charge in [0.05, 0.1) is 54.0 Å². The first kappa shape index (κ1) is 61.2. The topological polar surface area (TPSA) is 195 Å². The fourth-order valence-electron chi connectivity index (χ4n) is 10.1. The molecule has 0 aromatic heterocycles. The molecular formula is C54H90N6O10S. The Kier molecular flexibility index (Phi) is 25.5. The molecule has 1 aromatic rings. The average molecular weight is 1020 g/mol. The molecule has 2 unspecified atom stereocenters. The van der Waals surface area contributed by atoms with Gasteiger partial charge in [-0.3, -0.25) is 38.5 Å². The summed E-state index contributed by atoms with van der Waals surface area (Å²) in [7, 11) is 6.36. The van der Waals surface area contributed by atoms with Gasteiger partial charge in [-0.2, -0.15) is 0 Å². The number of aliphatic hydroxyl groups is 1. The lowest BCUT2D eigenvalue weighted by Crippen LogP contribution is -2.60. The number of hydrogen-bond acceptors (Lipinski definition) is 11. The highest BCUT2D eigenvalue weighted by atomic mass is 32.2. The summed E-state index contributed by atoms with van der Waals surface area (Å²) in [6, 6.07) is 5.81. The van der Waals surface area contributed by atoms with Crippen molar-refractivity contribution in [3.63, 3.8) is 0 Å². The number of amides is 7. The van der Waals surface area contributed by atoms with Crippen molar-refractivity contribution in [2.75, 3.05) is 47.2 Å². The van der Waals surface area contributed by atoms with Gasteiger partial charge in [0, 0.05) is 54.2 Å². The van der Waals surface area contributed by atoms with E-state index in [0.717, 1.165) is 18.6 Å². The lowest BCUT2D eigenvalue weighted by molar-refractivity contribution is -0.148. The normalized spacial score (nSPS) is 20.1. The minimum atomic E-state index is -0.948. The van der Waals surface area contributed by atoms with Gasteiger partial charge in [0.2, 0.25) is 41.4 Å². The van der Waals surface area contributed by atoms with Gasteiger partial charge in [0.1, 0.15) is 12.1 Å². The number of unbranched alkanes of at least 4 members (excludes halogenated alkanes) is 2. The van der Waals surface area contributed by atoms with Crippen LogP contribution in [0.5, 0.6) is 0 Å². The van der Waals surface area contributed by atoms with Crippen LogP contribution >= 0.6 is 11.8 Å². The van der Waals surface area contributed by atoms with Crippen LogP contribution in [0, 0.1) is 29.6 Å². The van der Waals surface area contributed by atoms with Crippen molar-refractivity contribution < 1.29 is 48.1 Å². The Labute approximate surface area is 429 Å². The van der Waals surface area contributed by atoms with Crippen molar-refractivity contribution in [3.8, 4) is 0 Å². The molecule has 0 spiro atoms. The van der Waals surface area contributed by atoms with Gasteiger partial charge in [-0.15, -0.1) is 11.8 Å². The van der Waals surface area contributed by atoms with Gasteiger partial charge >= 0.3 is 0 Å². The molecule has 71 heavy (non-hydrogen) atoms. The summed E-state index contributed by atoms with van der Waals surface area (Å²) in [5, 5.41) is 16.5. The third kappa shape index (κ3) is 17.0. The molecule has 0 bridgehead atoms. The number of thioether (sulfide) groups is 1. The molecule has 0 saturated carbocycles. The van der Waals surface area contributed by atoms with Crippen molar-refractivity contribution in [1.29, 1.82) is 0 Å². The Balaban J connectivity index is 1.66. The van der Waals surface area contributed by atoms with Crippen LogP contribution < -0.4 is 10.6 Å². The number of ether oxygens (including phenoxy) is 2. The van der Waals surface area contributed by atoms with Gasteiger partial charge in [-0.25, -0.2) is 0 Å². The third-order valence-corrected chi connectivity index (χ3v) is 15.9. The van der Waals surface area contributed by atoms with E-state index >= 15 is 0 Å². The minimum Gasteiger partial charge on any atom is -0.386 e. The molecule has 1 aromatic carbocycles. The first-order valence-electron chi connectivity index (χ1n) is 26.2. The van der Waals surface area contributed by atoms with E-state index in [9.17, 15) is 38.7 Å². The molecule has 0 radical (unpaired) electrons. The molecule has 3 N–H and O–H groups in total. The second-order valence-corrected chi connectivity index (χ2v) is 22.4. The molecule has 3 rings (SSSR count). The maximum absolute atomic E-state index is 14.6. The van der Waals surface area contributed by atoms with Crippen LogP contribution in [0.15, 0.2) is 30.3 Å². The fourth-order valence-corrected chi connectivity index (χ4v) is 11.5. The van der Waals surface area contributed by atoms with Crippen LogP contribution in [0.2, 0.25) is 0 Å². The van der Waals surface area contributed by atoms with E-state index in [0.29, 0.717) is 56.7 Å². The monoisotopic (exact) mass is 1010 g/mol. The van der Waals surface area contributed by atoms with Gasteiger partial charge in [-0.05, 0) is 74.0 Å². The predicted octanol–water partition coefficient (Wildman–Crippen LogP) is 6.24. The lowest BCUT2D eigenvalue weighted by atomic mass is 9.89. The number of carbonyl (C=O) groups excluding carboxylic acids is 7. The Morgan fingerprint density at radius 3 is 2.10 bits per heavy atom. The fraction of sp³-hybridized carbons (Fsp3) is 0.759. The minimum absolute atomic E-state index is 0.0370. The van der Waals surface area contributed by atoms with E-state index < -0.39 is 60.3 Å². The summed E-state index contributed by atoms with van der Waals surface area (Å²) < 4.78 is 12.0. The number of hydrogen-bond donors (Lipinski definition) is 3. The number of aliphatic hydroxyl groups excluding tert-OH is 1. The summed E-state index contributed by atoms with van der Waals surface area (Å²) in [5.74, 6) is -1.73. The van der Waals surface area contributed by atoms with E-state index in [1.54, 1.807) is 61.6 Å². The zero-order valence-corrected chi connectivity index (χ0v) is 46.3. The third-order valence-electron chi connectivity index (χ3n) is 14.7. The number of benzene rings is 1. The molecule has 402 valence electrons. The molecule has 2 fully saturated rings. The molecule has 0 aliphatic carbocycles. The second-order valence-electron chi connectivity index (χ2n) is 21.1. The van der Waals surface area contributed by atoms with Crippen LogP contribution in [0.3, 0.4) is 0 Å². The van der Waals surface area contributed by atoms with Crippen molar-refractivity contribution in [2.45, 2.75) is 187 Å². The van der Waals surface area contributed by atoms with Gasteiger partial charge in [-0.1, -0.05) is 105 Å². The van der Waals surface area contributed by atoms with E-state index in [2.05, 4.69) is 24.5 Å². The molecule has 2 aliphatic rings. The Hall–Kier alpha value is -4.06. The first-order valence-corrected chi connectivity index (χ1v) is 27.2. The van der Waals surface area contributed by atoms with Gasteiger partial charge < -0.3 is 39.9 Å². The smallest absolute Gasteiger partial charge is 0.245 e. The highest BCUT2D eigenvalue weighted by Gasteiger charge is 2.44. The summed E-state index contributed by atoms with van der Waals surface area (Å²) in [4.78, 5) is 102. The molecule has 17 heteroatoms. The van der Waals surface area contributed by atoms with Crippen LogP contribution in [-0.4, -0.2) is 161 Å². The van der Waals surface area contributed by atoms with Crippen LogP contribution in [0.4, 0.5) is 0 Å². The highest BCUT2D eigenvalue weighted by molar-refractivity contribution is 8.00. The molecular weight excluding hydrogens is 925 g/mol. The summed E-state index contributed by atoms with van der Waals surface area (Å²) in [6.07, 6.45) is 2.90. The van der Waals surface area contributed by atoms with Crippen LogP contribution in [-0.2, 0) is 43.0 Å². The van der Waals surface area contributed by atoms with E-state index in [4.69, 9.17) is 9.47 Å². The zero-order valence-electron chi connectivity index (χ0n) is 45.5. The van der Waals surface area contributed by atoms with Crippen molar-refractivity contribution in [2.24, 2.45) is 29.6 Å². The van der Waals surface area contributed by atoms with Crippen molar-refractivity contribution in [3.05, 3.63) is 35.9 Å². The molecule has 7 amide bonds. The van der Waals surface area contributed by atoms with Crippen molar-refractivity contribution >= 4 is 53.1 Å². The zero-order chi connectivity index (χ0) is 53.3. The summed E-state index contributed by atoms with van der Waals surface area (Å²) >= 11 is 1.56. The van der Waals surface area contributed by atoms with Crippen molar-refractivity contribution in [1.82, 2.24) is 30.2 Å². The Bertz CT molecular complexity index is 1890. The number of methoxy groups -OCH3 is 2. The first-order chi connectivity index (χ1) is 33.5. The van der Waals surface area contributed by atoms with Crippen LogP contribution in [0.1, 0.15) is 145 Å². The predicted molar refractivity (Wildman–Crippen MR) is 279 cm³/mol. The van der Waals surface area contributed by atoms with E-state index in [-0.39, 0.29) is 77.7 Å². The number of carbonyl (C=O) groups is 7. The van der Waals surface area contributed by atoms with Crippen LogP contribution in [0.25, 0.3) is 0 Å². The number of rotatable bonds is 30. The molecule has 16 nitrogen and oxygen atoms in total. The average Bonchev–Trinajstić information content (AvgIpc) is 3.92. The Morgan fingerprint density at radius 1 is 0.859 bits per heavy atom. The van der Waals surface area contributed by atoms with Gasteiger partial charge in [0.25, 0.3) is 0 Å². The number of likely N-dealkylation sites (N-methyl/N-ethyl adjacent to an activating group) is 2. The SMILES string of the molecule is CC[C@H](C)[C@@H]([C@@H](CC(=O)N1CCC[C@H]1[C@H](OC)[C@@H](C)C(=O)N[C@H](C)[C@@H](O)c1ccccc1)OC)N(C)C(=O)[C@@H](NC(=O)C(C(C)C)N(C)C(=O)CCCCCN1C(=O)CC(SCCC(C)C)C1=O)C(C)C. The molecule has 11 atom stereocenters. The second kappa shape index (κ2) is 29.6. The maximum atomic E-state index is 14.6. The van der Waals surface area contributed by atoms with E-state index in [1.807, 2.05) is 59.7 Å². The summed E-state index contributed by atoms with van der Waals surface area (Å²) in [5.41, 5.74) is 0.690. The largest absolute Gasteiger partial charge is 0.386 e. The standard InChI is InChI=1S/C54H90N6O10S/c1-15-36(8)48(41(69-13)31-44(62)59-29-22-25-40(59)50(70-14)37(9)51(65)55-38(10)49(64)39-23-18-16-19-24-39)58(12)54(68)46(34(4)5)56-52(66)47(35(6)7)57(11)43(61)26-20-17-21-28-60-45(63)32-42(53(60)67)71-30-27-33(2)3/h16,18-19,23-24,33-38,40-42,46-50,64H,15,17,20-22,25-32H2,1-14H3,(H,55,65)(H,56,66)/t36-,37+,38+,40-,41+,42?,46-,47?,48-,49+,50+/m0/s1. The van der Waals surface area contributed by atoms with Gasteiger partial charge in [0.15, 0.2) is 0 Å². The number of nitrogens with one attached hydrogen (secondary N) is 2. The Morgan fingerprint density at radius 2 is 1.52 bits per heavy atom. The maximum Gasteiger partial charge on any atom is 0.245 e. The quantitative estimate of drug-likeness (QED) is 0.0584. The number of imide groups is 1. The molecule has 2 saturated heterocycles. The lowest BCUT2D eigenvalue weighted by Gasteiger charge is -2.41. The number of likely N-dealkylation sites (tertiary alicyclic amines) is 2. The molecule has 2 heterocycles. The highest BCUT2D eigenvalue weighted by Crippen LogP contribution is 2.31. The molecule has 2 aliphatic heterocycles.